The van der Waals surface area contributed by atoms with Crippen molar-refractivity contribution in [3.63, 3.8) is 0 Å². The topological polar surface area (TPSA) is 121 Å². The third kappa shape index (κ3) is 16.9. The Morgan fingerprint density at radius 1 is 0.493 bits per heavy atom. The second kappa shape index (κ2) is 30.0. The van der Waals surface area contributed by atoms with Gasteiger partial charge >= 0.3 is 0 Å². The van der Waals surface area contributed by atoms with E-state index in [4.69, 9.17) is 22.7 Å². The lowest BCUT2D eigenvalue weighted by atomic mass is 10.2. The van der Waals surface area contributed by atoms with Crippen molar-refractivity contribution in [3.8, 4) is 16.9 Å². The minimum atomic E-state index is -1.80. The molecular formula is C51H92N6O6Si4. The summed E-state index contributed by atoms with van der Waals surface area (Å²) < 4.78 is 28.3. The van der Waals surface area contributed by atoms with E-state index in [1.807, 2.05) is 46.3 Å². The molecule has 0 radical (unpaired) electrons. The van der Waals surface area contributed by atoms with Crippen LogP contribution in [0.1, 0.15) is 130 Å². The van der Waals surface area contributed by atoms with Crippen LogP contribution in [0.5, 0.6) is 0 Å². The van der Waals surface area contributed by atoms with Gasteiger partial charge in [-0.3, -0.25) is 9.59 Å². The molecule has 0 fully saturated rings. The highest BCUT2D eigenvalue weighted by Crippen LogP contribution is 2.26. The molecule has 2 heterocycles. The normalized spacial score (nSPS) is 12.5. The summed E-state index contributed by atoms with van der Waals surface area (Å²) in [5.74, 6) is -0.440. The molecular weight excluding hydrogens is 905 g/mol. The van der Waals surface area contributed by atoms with Crippen molar-refractivity contribution in [2.24, 2.45) is 0 Å². The molecule has 0 aliphatic carbocycles. The monoisotopic (exact) mass is 997 g/mol. The fourth-order valence-corrected chi connectivity index (χ4v) is 20.1. The first-order chi connectivity index (χ1) is 32.3. The highest BCUT2D eigenvalue weighted by molar-refractivity contribution is 6.74. The van der Waals surface area contributed by atoms with Crippen LogP contribution in [0.4, 0.5) is 0 Å². The molecule has 67 heavy (non-hydrogen) atoms. The molecule has 0 bridgehead atoms. The van der Waals surface area contributed by atoms with E-state index in [-0.39, 0.29) is 23.2 Å². The fraction of sp³-hybridized carbons (Fsp3) is 0.706. The average molecular weight is 998 g/mol. The molecule has 2 aromatic heterocycles. The van der Waals surface area contributed by atoms with Crippen LogP contribution in [-0.4, -0.2) is 127 Å². The molecule has 0 saturated carbocycles. The molecule has 0 aliphatic rings. The van der Waals surface area contributed by atoms with Gasteiger partial charge < -0.3 is 27.5 Å². The number of rotatable bonds is 36. The van der Waals surface area contributed by atoms with Crippen LogP contribution in [0.25, 0.3) is 16.9 Å². The van der Waals surface area contributed by atoms with Gasteiger partial charge in [0.2, 0.25) is 0 Å². The predicted octanol–water partition coefficient (Wildman–Crippen LogP) is 12.9. The summed E-state index contributed by atoms with van der Waals surface area (Å²) in [5, 5.41) is 9.03. The van der Waals surface area contributed by atoms with Crippen LogP contribution < -0.4 is 0 Å². The molecule has 0 N–H and O–H groups in total. The van der Waals surface area contributed by atoms with E-state index in [1.165, 1.54) is 0 Å². The zero-order chi connectivity index (χ0) is 49.4. The first kappa shape index (κ1) is 58.5. The molecule has 2 amide bonds. The van der Waals surface area contributed by atoms with Crippen molar-refractivity contribution in [1.29, 1.82) is 0 Å². The van der Waals surface area contributed by atoms with Gasteiger partial charge in [-0.15, -0.1) is 5.10 Å². The van der Waals surface area contributed by atoms with Crippen LogP contribution in [0, 0.1) is 0 Å². The van der Waals surface area contributed by atoms with Crippen LogP contribution >= 0.6 is 0 Å². The zero-order valence-electron chi connectivity index (χ0n) is 44.2. The molecule has 12 nitrogen and oxygen atoms in total. The number of carbonyl (C=O) groups is 2. The van der Waals surface area contributed by atoms with Gasteiger partial charge in [0.25, 0.3) is 11.8 Å². The van der Waals surface area contributed by atoms with Crippen molar-refractivity contribution in [1.82, 2.24) is 29.8 Å². The maximum Gasteiger partial charge on any atom is 0.272 e. The first-order valence-electron chi connectivity index (χ1n) is 26.5. The van der Waals surface area contributed by atoms with Crippen LogP contribution in [0.3, 0.4) is 0 Å². The predicted molar refractivity (Wildman–Crippen MR) is 287 cm³/mol. The van der Waals surface area contributed by atoms with Gasteiger partial charge in [0, 0.05) is 58.2 Å². The van der Waals surface area contributed by atoms with E-state index in [0.717, 1.165) is 78.1 Å². The van der Waals surface area contributed by atoms with Gasteiger partial charge in [-0.05, 0) is 110 Å². The Morgan fingerprint density at radius 2 is 0.806 bits per heavy atom. The number of pyridine rings is 1. The summed E-state index contributed by atoms with van der Waals surface area (Å²) in [7, 11) is -7.20. The number of benzene rings is 1. The summed E-state index contributed by atoms with van der Waals surface area (Å²) in [4.78, 5) is 38.8. The fourth-order valence-electron chi connectivity index (χ4n) is 9.35. The lowest BCUT2D eigenvalue weighted by molar-refractivity contribution is 0.0723. The maximum absolute atomic E-state index is 15.0. The number of hydrogen-bond donors (Lipinski definition) is 0. The highest BCUT2D eigenvalue weighted by atomic mass is 28.4. The number of aromatic nitrogens is 4. The third-order valence-electron chi connectivity index (χ3n) is 15.3. The average Bonchev–Trinajstić information content (AvgIpc) is 3.89. The summed E-state index contributed by atoms with van der Waals surface area (Å²) in [6.07, 6.45) is 4.69. The summed E-state index contributed by atoms with van der Waals surface area (Å²) >= 11 is 0. The Balaban J connectivity index is 2.08. The highest BCUT2D eigenvalue weighted by Gasteiger charge is 2.32. The van der Waals surface area contributed by atoms with Crippen molar-refractivity contribution < 1.29 is 27.3 Å². The second-order valence-corrected chi connectivity index (χ2v) is 37.5. The summed E-state index contributed by atoms with van der Waals surface area (Å²) in [5.41, 5.74) is 2.58. The van der Waals surface area contributed by atoms with Gasteiger partial charge in [-0.25, -0.2) is 9.67 Å². The molecule has 0 spiro atoms. The quantitative estimate of drug-likeness (QED) is 0.0414. The van der Waals surface area contributed by atoms with E-state index in [0.29, 0.717) is 89.7 Å². The number of hydrogen-bond acceptors (Lipinski definition) is 9. The molecule has 3 aromatic rings. The van der Waals surface area contributed by atoms with Crippen molar-refractivity contribution in [2.75, 3.05) is 52.6 Å². The molecule has 378 valence electrons. The van der Waals surface area contributed by atoms with Crippen molar-refractivity contribution >= 4 is 45.1 Å². The van der Waals surface area contributed by atoms with Crippen LogP contribution in [-0.2, 0) is 17.7 Å². The maximum atomic E-state index is 15.0. The van der Waals surface area contributed by atoms with Gasteiger partial charge in [-0.1, -0.05) is 119 Å². The zero-order valence-corrected chi connectivity index (χ0v) is 48.2. The minimum Gasteiger partial charge on any atom is -0.417 e. The molecule has 16 heteroatoms. The van der Waals surface area contributed by atoms with E-state index in [2.05, 4.69) is 93.4 Å². The first-order valence-corrected chi connectivity index (χ1v) is 36.6. The Morgan fingerprint density at radius 3 is 1.10 bits per heavy atom. The molecule has 0 unspecified atom stereocenters. The Labute approximate surface area is 411 Å². The minimum absolute atomic E-state index is 0.207. The second-order valence-electron chi connectivity index (χ2n) is 18.4. The Bertz CT molecular complexity index is 1680. The molecule has 3 rings (SSSR count). The van der Waals surface area contributed by atoms with Gasteiger partial charge in [0.05, 0.1) is 11.9 Å². The van der Waals surface area contributed by atoms with Gasteiger partial charge in [0.1, 0.15) is 17.1 Å². The number of nitrogens with zero attached hydrogens (tertiary/aromatic N) is 6. The van der Waals surface area contributed by atoms with Crippen LogP contribution in [0.15, 0.2) is 48.7 Å². The third-order valence-corrected chi connectivity index (χ3v) is 34.0. The van der Waals surface area contributed by atoms with E-state index >= 15 is 9.59 Å². The lowest BCUT2D eigenvalue weighted by Gasteiger charge is -2.30. The molecule has 0 aliphatic heterocycles. The summed E-state index contributed by atoms with van der Waals surface area (Å²) in [6.45, 7) is 31.4. The Hall–Kier alpha value is -2.84. The van der Waals surface area contributed by atoms with Crippen molar-refractivity contribution in [3.05, 3.63) is 60.0 Å². The molecule has 1 aromatic carbocycles. The van der Waals surface area contributed by atoms with Gasteiger partial charge in [0.15, 0.2) is 33.3 Å². The Kier molecular flexibility index (Phi) is 26.2. The van der Waals surface area contributed by atoms with E-state index in [9.17, 15) is 0 Å². The SMILES string of the molecule is CC[Si](CC)(CC)OCCCN(CCCO[Si](CC)(CC)CC)C(=O)c1cc(-n2cc(-c3ccccc3)nn2)cc(C(=O)N(CCCO[Si](CC)(CC)CC)CCCO[Si](CC)(CC)CC)n1. The smallest absolute Gasteiger partial charge is 0.272 e. The van der Waals surface area contributed by atoms with Crippen LogP contribution in [0.2, 0.25) is 72.5 Å². The standard InChI is InChI=1S/C51H92N6O6Si4/c1-13-64(14-2,15-3)60-38-28-34-55(35-29-39-61-65(16-4,17-5)18-6)50(58)47-42-46(57-44-49(53-54-57)45-32-26-25-27-33-45)43-48(52-47)51(59)56(36-30-40-62-66(19-7,20-8)21-9)37-31-41-63-67(22-10,23-11)24-12/h25-27,32-33,42-44H,13-24,28-31,34-41H2,1-12H3. The van der Waals surface area contributed by atoms with E-state index in [1.54, 1.807) is 16.8 Å². The lowest BCUT2D eigenvalue weighted by Crippen LogP contribution is -2.40. The number of carbonyl (C=O) groups excluding carboxylic acids is 2. The summed E-state index contributed by atoms with van der Waals surface area (Å²) in [6, 6.07) is 26.3. The molecule has 0 atom stereocenters. The van der Waals surface area contributed by atoms with Crippen molar-refractivity contribution in [2.45, 2.75) is 181 Å². The number of amides is 2. The van der Waals surface area contributed by atoms with Gasteiger partial charge in [-0.2, -0.15) is 0 Å². The largest absolute Gasteiger partial charge is 0.417 e. The van der Waals surface area contributed by atoms with E-state index < -0.39 is 33.3 Å². The molecule has 0 saturated heterocycles.